The van der Waals surface area contributed by atoms with E-state index in [2.05, 4.69) is 10.6 Å². The lowest BCUT2D eigenvalue weighted by Gasteiger charge is -2.54. The van der Waals surface area contributed by atoms with Crippen LogP contribution in [0, 0.1) is 35.4 Å². The molecule has 26 heavy (non-hydrogen) atoms. The summed E-state index contributed by atoms with van der Waals surface area (Å²) in [6, 6.07) is 7.03. The molecule has 1 heterocycles. The van der Waals surface area contributed by atoms with Crippen LogP contribution in [-0.2, 0) is 11.2 Å². The average Bonchev–Trinajstić information content (AvgIpc) is 3.07. The largest absolute Gasteiger partial charge is 0.351 e. The molecule has 2 atom stereocenters. The third-order valence-corrected chi connectivity index (χ3v) is 7.58. The van der Waals surface area contributed by atoms with Gasteiger partial charge < -0.3 is 10.6 Å². The molecular weight excluding hydrogens is 327 g/mol. The van der Waals surface area contributed by atoms with Gasteiger partial charge in [-0.25, -0.2) is 4.39 Å². The number of carbonyl (C=O) groups is 1. The Kier molecular flexibility index (Phi) is 4.27. The zero-order valence-electron chi connectivity index (χ0n) is 15.3. The zero-order valence-corrected chi connectivity index (χ0v) is 15.3. The Labute approximate surface area is 155 Å². The number of benzene rings is 1. The predicted octanol–water partition coefficient (Wildman–Crippen LogP) is 3.29. The second-order valence-corrected chi connectivity index (χ2v) is 9.28. The van der Waals surface area contributed by atoms with E-state index in [1.807, 2.05) is 12.1 Å². The molecule has 3 nitrogen and oxygen atoms in total. The Morgan fingerprint density at radius 1 is 1.04 bits per heavy atom. The Bertz CT molecular complexity index is 645. The zero-order chi connectivity index (χ0) is 17.7. The highest BCUT2D eigenvalue weighted by atomic mass is 19.1. The van der Waals surface area contributed by atoms with E-state index in [0.29, 0.717) is 23.8 Å². The van der Waals surface area contributed by atoms with Crippen LogP contribution in [-0.4, -0.2) is 24.5 Å². The van der Waals surface area contributed by atoms with Crippen LogP contribution in [0.5, 0.6) is 0 Å². The summed E-state index contributed by atoms with van der Waals surface area (Å²) in [6.45, 7) is 0.894. The number of hydrogen-bond donors (Lipinski definition) is 2. The van der Waals surface area contributed by atoms with Crippen LogP contribution in [0.3, 0.4) is 0 Å². The van der Waals surface area contributed by atoms with E-state index < -0.39 is 0 Å². The molecule has 4 bridgehead atoms. The summed E-state index contributed by atoms with van der Waals surface area (Å²) in [5.41, 5.74) is 1.12. The summed E-state index contributed by atoms with van der Waals surface area (Å²) in [5.74, 6) is 3.60. The minimum absolute atomic E-state index is 0.0998. The van der Waals surface area contributed by atoms with Gasteiger partial charge in [-0.1, -0.05) is 12.1 Å². The van der Waals surface area contributed by atoms with Gasteiger partial charge in [-0.3, -0.25) is 4.79 Å². The van der Waals surface area contributed by atoms with Crippen LogP contribution in [0.2, 0.25) is 0 Å². The number of halogens is 1. The summed E-state index contributed by atoms with van der Waals surface area (Å²) < 4.78 is 13.1. The van der Waals surface area contributed by atoms with Gasteiger partial charge in [0.15, 0.2) is 0 Å². The van der Waals surface area contributed by atoms with E-state index in [0.717, 1.165) is 36.8 Å². The maximum absolute atomic E-state index is 13.1. The quantitative estimate of drug-likeness (QED) is 0.869. The minimum atomic E-state index is -0.200. The molecule has 1 aromatic carbocycles. The molecule has 4 saturated carbocycles. The number of carbonyl (C=O) groups excluding carboxylic acids is 1. The van der Waals surface area contributed by atoms with Gasteiger partial charge in [0, 0.05) is 6.04 Å². The van der Waals surface area contributed by atoms with Crippen LogP contribution >= 0.6 is 0 Å². The van der Waals surface area contributed by atoms with E-state index in [9.17, 15) is 9.18 Å². The normalized spacial score (nSPS) is 40.7. The molecule has 0 aromatic heterocycles. The molecule has 5 aliphatic rings. The van der Waals surface area contributed by atoms with Gasteiger partial charge >= 0.3 is 0 Å². The molecule has 6 rings (SSSR count). The SMILES string of the molecule is O=C(NC1C2CC3CC(C2)CC1C3)[C@H]1NCC[C@@H]1Cc1ccc(F)cc1. The molecular formula is C22H29FN2O. The van der Waals surface area contributed by atoms with Crippen LogP contribution in [0.25, 0.3) is 0 Å². The topological polar surface area (TPSA) is 41.1 Å². The van der Waals surface area contributed by atoms with Crippen molar-refractivity contribution in [1.29, 1.82) is 0 Å². The highest BCUT2D eigenvalue weighted by Crippen LogP contribution is 2.53. The highest BCUT2D eigenvalue weighted by molar-refractivity contribution is 5.83. The van der Waals surface area contributed by atoms with Crippen molar-refractivity contribution in [2.75, 3.05) is 6.54 Å². The lowest BCUT2D eigenvalue weighted by atomic mass is 9.54. The molecule has 0 spiro atoms. The van der Waals surface area contributed by atoms with Gasteiger partial charge in [-0.15, -0.1) is 0 Å². The highest BCUT2D eigenvalue weighted by Gasteiger charge is 2.49. The molecule has 1 amide bonds. The van der Waals surface area contributed by atoms with Crippen molar-refractivity contribution in [3.8, 4) is 0 Å². The van der Waals surface area contributed by atoms with Crippen LogP contribution in [0.1, 0.15) is 44.1 Å². The van der Waals surface area contributed by atoms with E-state index >= 15 is 0 Å². The van der Waals surface area contributed by atoms with Crippen molar-refractivity contribution in [3.63, 3.8) is 0 Å². The summed E-state index contributed by atoms with van der Waals surface area (Å²) in [6.07, 6.45) is 8.61. The van der Waals surface area contributed by atoms with E-state index in [1.54, 1.807) is 0 Å². The molecule has 1 aromatic rings. The van der Waals surface area contributed by atoms with E-state index in [-0.39, 0.29) is 17.8 Å². The van der Waals surface area contributed by atoms with Gasteiger partial charge in [0.05, 0.1) is 6.04 Å². The predicted molar refractivity (Wildman–Crippen MR) is 99.0 cm³/mol. The summed E-state index contributed by atoms with van der Waals surface area (Å²) in [5, 5.41) is 6.89. The van der Waals surface area contributed by atoms with Crippen molar-refractivity contribution in [3.05, 3.63) is 35.6 Å². The van der Waals surface area contributed by atoms with E-state index in [4.69, 9.17) is 0 Å². The van der Waals surface area contributed by atoms with Crippen molar-refractivity contribution in [2.45, 2.75) is 57.0 Å². The average molecular weight is 356 g/mol. The van der Waals surface area contributed by atoms with Crippen molar-refractivity contribution in [1.82, 2.24) is 10.6 Å². The third-order valence-electron chi connectivity index (χ3n) is 7.58. The lowest BCUT2D eigenvalue weighted by Crippen LogP contribution is -2.58. The van der Waals surface area contributed by atoms with Crippen LogP contribution < -0.4 is 10.6 Å². The summed E-state index contributed by atoms with van der Waals surface area (Å²) >= 11 is 0. The maximum atomic E-state index is 13.1. The Morgan fingerprint density at radius 3 is 2.35 bits per heavy atom. The smallest absolute Gasteiger partial charge is 0.237 e. The maximum Gasteiger partial charge on any atom is 0.237 e. The number of hydrogen-bond acceptors (Lipinski definition) is 2. The monoisotopic (exact) mass is 356 g/mol. The van der Waals surface area contributed by atoms with Crippen molar-refractivity contribution >= 4 is 5.91 Å². The molecule has 1 aliphatic heterocycles. The second kappa shape index (κ2) is 6.63. The first-order valence-corrected chi connectivity index (χ1v) is 10.4. The van der Waals surface area contributed by atoms with Crippen LogP contribution in [0.4, 0.5) is 4.39 Å². The standard InChI is InChI=1S/C22H29FN2O/c23-19-3-1-13(2-4-19)8-16-5-6-24-21(16)22(26)25-20-17-9-14-7-15(11-17)12-18(20)10-14/h1-4,14-18,20-21,24H,5-12H2,(H,25,26)/t14?,15?,16-,17?,18?,20?,21+/m1/s1. The molecule has 4 aliphatic carbocycles. The summed E-state index contributed by atoms with van der Waals surface area (Å²) in [7, 11) is 0. The molecule has 140 valence electrons. The molecule has 1 saturated heterocycles. The fraction of sp³-hybridized carbons (Fsp3) is 0.682. The fourth-order valence-electron chi connectivity index (χ4n) is 6.62. The Balaban J connectivity index is 1.24. The lowest BCUT2D eigenvalue weighted by molar-refractivity contribution is -0.127. The minimum Gasteiger partial charge on any atom is -0.351 e. The van der Waals surface area contributed by atoms with Gasteiger partial charge in [-0.05, 0) is 98.8 Å². The molecule has 2 N–H and O–H groups in total. The molecule has 5 fully saturated rings. The molecule has 0 radical (unpaired) electrons. The first-order chi connectivity index (χ1) is 12.7. The third kappa shape index (κ3) is 3.06. The number of nitrogens with one attached hydrogen (secondary N) is 2. The van der Waals surface area contributed by atoms with Gasteiger partial charge in [0.1, 0.15) is 5.82 Å². The Morgan fingerprint density at radius 2 is 1.69 bits per heavy atom. The molecule has 4 heteroatoms. The van der Waals surface area contributed by atoms with E-state index in [1.165, 1.54) is 44.2 Å². The van der Waals surface area contributed by atoms with Crippen LogP contribution in [0.15, 0.2) is 24.3 Å². The summed E-state index contributed by atoms with van der Waals surface area (Å²) in [4.78, 5) is 13.1. The van der Waals surface area contributed by atoms with Crippen molar-refractivity contribution in [2.24, 2.45) is 29.6 Å². The number of rotatable bonds is 4. The second-order valence-electron chi connectivity index (χ2n) is 9.28. The Hall–Kier alpha value is -1.42. The first kappa shape index (κ1) is 16.7. The van der Waals surface area contributed by atoms with Gasteiger partial charge in [-0.2, -0.15) is 0 Å². The molecule has 0 unspecified atom stereocenters. The van der Waals surface area contributed by atoms with Gasteiger partial charge in [0.25, 0.3) is 0 Å². The number of amides is 1. The van der Waals surface area contributed by atoms with Gasteiger partial charge in [0.2, 0.25) is 5.91 Å². The van der Waals surface area contributed by atoms with Crippen molar-refractivity contribution < 1.29 is 9.18 Å². The first-order valence-electron chi connectivity index (χ1n) is 10.4. The fourth-order valence-corrected chi connectivity index (χ4v) is 6.62.